The van der Waals surface area contributed by atoms with Crippen molar-refractivity contribution >= 4 is 29.3 Å². The number of rotatable bonds is 6. The molecule has 1 N–H and O–H groups in total. The van der Waals surface area contributed by atoms with Crippen LogP contribution in [0.3, 0.4) is 0 Å². The molecular formula is C26H30ClN3O5. The zero-order valence-corrected chi connectivity index (χ0v) is 20.7. The van der Waals surface area contributed by atoms with Crippen LogP contribution in [0.2, 0.25) is 5.02 Å². The number of piperidine rings is 1. The first-order valence-electron chi connectivity index (χ1n) is 11.7. The molecule has 2 aliphatic rings. The molecule has 2 aromatic rings. The highest BCUT2D eigenvalue weighted by molar-refractivity contribution is 6.30. The third kappa shape index (κ3) is 5.34. The Hall–Kier alpha value is -2.94. The summed E-state index contributed by atoms with van der Waals surface area (Å²) in [6, 6.07) is 13.4. The molecule has 9 heteroatoms. The van der Waals surface area contributed by atoms with E-state index >= 15 is 0 Å². The van der Waals surface area contributed by atoms with Crippen LogP contribution in [0.25, 0.3) is 0 Å². The molecular weight excluding hydrogens is 470 g/mol. The van der Waals surface area contributed by atoms with Gasteiger partial charge < -0.3 is 19.7 Å². The van der Waals surface area contributed by atoms with Gasteiger partial charge in [0.15, 0.2) is 0 Å². The monoisotopic (exact) mass is 499 g/mol. The fraction of sp³-hybridized carbons (Fsp3) is 0.423. The highest BCUT2D eigenvalue weighted by Gasteiger charge is 2.54. The second-order valence-corrected chi connectivity index (χ2v) is 9.34. The Kier molecular flexibility index (Phi) is 7.74. The van der Waals surface area contributed by atoms with E-state index in [1.807, 2.05) is 19.1 Å². The number of ether oxygens (including phenoxy) is 2. The summed E-state index contributed by atoms with van der Waals surface area (Å²) in [5.74, 6) is -0.661. The van der Waals surface area contributed by atoms with E-state index in [9.17, 15) is 14.4 Å². The number of amides is 3. The lowest BCUT2D eigenvalue weighted by Gasteiger charge is -2.44. The molecule has 2 heterocycles. The van der Waals surface area contributed by atoms with Gasteiger partial charge in [0.2, 0.25) is 5.91 Å². The SMILES string of the molecule is COCCNC(=O)[C@H]1COC2(CCN(C(=O)c3cccc(Cl)c3)CC2)N1C(=O)c1ccc(C)cc1. The van der Waals surface area contributed by atoms with Crippen molar-refractivity contribution in [1.29, 1.82) is 0 Å². The minimum Gasteiger partial charge on any atom is -0.383 e. The van der Waals surface area contributed by atoms with Crippen molar-refractivity contribution in [2.45, 2.75) is 31.5 Å². The van der Waals surface area contributed by atoms with Crippen molar-refractivity contribution in [2.24, 2.45) is 0 Å². The van der Waals surface area contributed by atoms with Gasteiger partial charge in [0.1, 0.15) is 11.8 Å². The van der Waals surface area contributed by atoms with E-state index in [0.29, 0.717) is 55.2 Å². The number of nitrogens with zero attached hydrogens (tertiary/aromatic N) is 2. The second-order valence-electron chi connectivity index (χ2n) is 8.90. The number of benzene rings is 2. The van der Waals surface area contributed by atoms with E-state index in [2.05, 4.69) is 5.32 Å². The van der Waals surface area contributed by atoms with Crippen LogP contribution >= 0.6 is 11.6 Å². The summed E-state index contributed by atoms with van der Waals surface area (Å²) in [6.45, 7) is 3.54. The Bertz CT molecular complexity index is 1080. The maximum Gasteiger partial charge on any atom is 0.256 e. The molecule has 8 nitrogen and oxygen atoms in total. The summed E-state index contributed by atoms with van der Waals surface area (Å²) >= 11 is 6.06. The number of aryl methyl sites for hydroxylation is 1. The number of nitrogens with one attached hydrogen (secondary N) is 1. The Morgan fingerprint density at radius 1 is 1.09 bits per heavy atom. The van der Waals surface area contributed by atoms with Gasteiger partial charge in [-0.05, 0) is 37.3 Å². The van der Waals surface area contributed by atoms with E-state index in [1.54, 1.807) is 53.3 Å². The summed E-state index contributed by atoms with van der Waals surface area (Å²) in [5, 5.41) is 3.33. The number of halogens is 1. The molecule has 3 amide bonds. The van der Waals surface area contributed by atoms with E-state index < -0.39 is 11.8 Å². The summed E-state index contributed by atoms with van der Waals surface area (Å²) < 4.78 is 11.2. The van der Waals surface area contributed by atoms with Crippen molar-refractivity contribution in [3.05, 3.63) is 70.2 Å². The van der Waals surface area contributed by atoms with Gasteiger partial charge in [0.05, 0.1) is 13.2 Å². The molecule has 1 spiro atoms. The molecule has 35 heavy (non-hydrogen) atoms. The van der Waals surface area contributed by atoms with Crippen LogP contribution in [-0.4, -0.2) is 79.2 Å². The highest BCUT2D eigenvalue weighted by Crippen LogP contribution is 2.39. The number of likely N-dealkylation sites (tertiary alicyclic amines) is 1. The quantitative estimate of drug-likeness (QED) is 0.617. The predicted molar refractivity (Wildman–Crippen MR) is 131 cm³/mol. The van der Waals surface area contributed by atoms with Gasteiger partial charge in [0.25, 0.3) is 11.8 Å². The standard InChI is InChI=1S/C26H30ClN3O5/c1-18-6-8-19(9-7-18)25(33)30-22(23(31)28-12-15-34-2)17-35-26(30)10-13-29(14-11-26)24(32)20-4-3-5-21(27)16-20/h3-9,16,22H,10-15,17H2,1-2H3,(H,28,31)/t22-/m1/s1. The Labute approximate surface area is 210 Å². The summed E-state index contributed by atoms with van der Waals surface area (Å²) in [6.07, 6.45) is 0.803. The van der Waals surface area contributed by atoms with Gasteiger partial charge >= 0.3 is 0 Å². The second kappa shape index (κ2) is 10.8. The van der Waals surface area contributed by atoms with E-state index in [1.165, 1.54) is 0 Å². The minimum absolute atomic E-state index is 0.0959. The number of carbonyl (C=O) groups is 3. The minimum atomic E-state index is -0.962. The predicted octanol–water partition coefficient (Wildman–Crippen LogP) is 2.88. The van der Waals surface area contributed by atoms with Crippen molar-refractivity contribution < 1.29 is 23.9 Å². The van der Waals surface area contributed by atoms with Crippen LogP contribution in [0.15, 0.2) is 48.5 Å². The molecule has 4 rings (SSSR count). The first kappa shape index (κ1) is 25.2. The van der Waals surface area contributed by atoms with Crippen LogP contribution in [0.4, 0.5) is 0 Å². The number of hydrogen-bond donors (Lipinski definition) is 1. The summed E-state index contributed by atoms with van der Waals surface area (Å²) in [7, 11) is 1.56. The molecule has 0 radical (unpaired) electrons. The molecule has 0 aliphatic carbocycles. The number of hydrogen-bond acceptors (Lipinski definition) is 5. The van der Waals surface area contributed by atoms with Crippen molar-refractivity contribution in [2.75, 3.05) is 40.0 Å². The van der Waals surface area contributed by atoms with E-state index in [-0.39, 0.29) is 24.3 Å². The van der Waals surface area contributed by atoms with Crippen LogP contribution < -0.4 is 5.32 Å². The summed E-state index contributed by atoms with van der Waals surface area (Å²) in [4.78, 5) is 43.0. The average molecular weight is 500 g/mol. The topological polar surface area (TPSA) is 88.2 Å². The zero-order valence-electron chi connectivity index (χ0n) is 20.0. The van der Waals surface area contributed by atoms with E-state index in [0.717, 1.165) is 5.56 Å². The van der Waals surface area contributed by atoms with Crippen molar-refractivity contribution in [1.82, 2.24) is 15.1 Å². The normalized spacial score (nSPS) is 19.1. The summed E-state index contributed by atoms with van der Waals surface area (Å²) in [5.41, 5.74) is 1.09. The Morgan fingerprint density at radius 2 is 1.80 bits per heavy atom. The largest absolute Gasteiger partial charge is 0.383 e. The molecule has 2 aliphatic heterocycles. The van der Waals surface area contributed by atoms with Gasteiger partial charge in [-0.1, -0.05) is 35.4 Å². The first-order chi connectivity index (χ1) is 16.8. The van der Waals surface area contributed by atoms with Gasteiger partial charge in [-0.2, -0.15) is 0 Å². The lowest BCUT2D eigenvalue weighted by molar-refractivity contribution is -0.128. The van der Waals surface area contributed by atoms with Gasteiger partial charge in [0, 0.05) is 55.7 Å². The molecule has 186 valence electrons. The molecule has 0 aromatic heterocycles. The molecule has 2 aromatic carbocycles. The molecule has 2 fully saturated rings. The van der Waals surface area contributed by atoms with Gasteiger partial charge in [-0.3, -0.25) is 19.3 Å². The molecule has 2 saturated heterocycles. The zero-order chi connectivity index (χ0) is 25.0. The van der Waals surface area contributed by atoms with E-state index in [4.69, 9.17) is 21.1 Å². The van der Waals surface area contributed by atoms with Crippen LogP contribution in [-0.2, 0) is 14.3 Å². The van der Waals surface area contributed by atoms with Crippen molar-refractivity contribution in [3.63, 3.8) is 0 Å². The third-order valence-electron chi connectivity index (χ3n) is 6.59. The highest BCUT2D eigenvalue weighted by atomic mass is 35.5. The number of methoxy groups -OCH3 is 1. The third-order valence-corrected chi connectivity index (χ3v) is 6.82. The lowest BCUT2D eigenvalue weighted by Crippen LogP contribution is -2.60. The van der Waals surface area contributed by atoms with Crippen molar-refractivity contribution in [3.8, 4) is 0 Å². The Balaban J connectivity index is 1.55. The fourth-order valence-corrected chi connectivity index (χ4v) is 4.85. The van der Waals surface area contributed by atoms with Gasteiger partial charge in [-0.25, -0.2) is 0 Å². The van der Waals surface area contributed by atoms with Crippen LogP contribution in [0.5, 0.6) is 0 Å². The van der Waals surface area contributed by atoms with Crippen LogP contribution in [0.1, 0.15) is 39.1 Å². The Morgan fingerprint density at radius 3 is 2.46 bits per heavy atom. The smallest absolute Gasteiger partial charge is 0.256 e. The first-order valence-corrected chi connectivity index (χ1v) is 12.1. The van der Waals surface area contributed by atoms with Crippen LogP contribution in [0, 0.1) is 6.92 Å². The fourth-order valence-electron chi connectivity index (χ4n) is 4.66. The lowest BCUT2D eigenvalue weighted by atomic mass is 9.96. The molecule has 1 atom stereocenters. The number of carbonyl (C=O) groups excluding carboxylic acids is 3. The average Bonchev–Trinajstić information content (AvgIpc) is 3.22. The van der Waals surface area contributed by atoms with Gasteiger partial charge in [-0.15, -0.1) is 0 Å². The molecule has 0 bridgehead atoms. The molecule has 0 saturated carbocycles. The maximum absolute atomic E-state index is 13.7. The molecule has 0 unspecified atom stereocenters. The maximum atomic E-state index is 13.7.